The van der Waals surface area contributed by atoms with Crippen LogP contribution in [-0.4, -0.2) is 21.0 Å². The van der Waals surface area contributed by atoms with Crippen LogP contribution in [0.15, 0.2) is 24.7 Å². The molecule has 2 heterocycles. The van der Waals surface area contributed by atoms with Crippen LogP contribution in [0.5, 0.6) is 0 Å². The predicted octanol–water partition coefficient (Wildman–Crippen LogP) is 2.72. The summed E-state index contributed by atoms with van der Waals surface area (Å²) < 4.78 is 0. The van der Waals surface area contributed by atoms with Crippen LogP contribution in [-0.2, 0) is 0 Å². The van der Waals surface area contributed by atoms with Gasteiger partial charge in [0.2, 0.25) is 0 Å². The van der Waals surface area contributed by atoms with Gasteiger partial charge in [-0.1, -0.05) is 6.92 Å². The molecule has 0 amide bonds. The molecule has 0 saturated heterocycles. The van der Waals surface area contributed by atoms with Crippen molar-refractivity contribution >= 4 is 23.1 Å². The van der Waals surface area contributed by atoms with Gasteiger partial charge < -0.3 is 16.4 Å². The number of nitrogens with zero attached hydrogens (tertiary/aromatic N) is 3. The first-order chi connectivity index (χ1) is 9.60. The van der Waals surface area contributed by atoms with E-state index in [0.29, 0.717) is 29.2 Å². The summed E-state index contributed by atoms with van der Waals surface area (Å²) in [6.07, 6.45) is 4.22. The molecule has 0 aliphatic heterocycles. The van der Waals surface area contributed by atoms with E-state index in [4.69, 9.17) is 5.73 Å². The first kappa shape index (κ1) is 14.0. The standard InChI is InChI=1S/C14H20N6/c1-4-10(3)19-13-12(15)14(18-8-17-13)20-11-7-9(2)5-6-16-11/h5-8,10H,4,15H2,1-3H3,(H2,16,17,18,19,20). The minimum absolute atomic E-state index is 0.303. The Kier molecular flexibility index (Phi) is 4.34. The zero-order valence-electron chi connectivity index (χ0n) is 12.0. The summed E-state index contributed by atoms with van der Waals surface area (Å²) in [5, 5.41) is 6.38. The minimum atomic E-state index is 0.303. The molecule has 0 aromatic carbocycles. The van der Waals surface area contributed by atoms with E-state index in [0.717, 1.165) is 12.0 Å². The van der Waals surface area contributed by atoms with Crippen molar-refractivity contribution < 1.29 is 0 Å². The highest BCUT2D eigenvalue weighted by molar-refractivity contribution is 5.77. The van der Waals surface area contributed by atoms with E-state index in [-0.39, 0.29) is 0 Å². The normalized spacial score (nSPS) is 11.9. The van der Waals surface area contributed by atoms with Crippen molar-refractivity contribution in [2.24, 2.45) is 0 Å². The number of nitrogens with two attached hydrogens (primary N) is 1. The van der Waals surface area contributed by atoms with Gasteiger partial charge in [0.15, 0.2) is 11.6 Å². The number of aryl methyl sites for hydroxylation is 1. The van der Waals surface area contributed by atoms with Crippen molar-refractivity contribution in [3.05, 3.63) is 30.2 Å². The Hall–Kier alpha value is -2.37. The average Bonchev–Trinajstić information content (AvgIpc) is 2.43. The molecule has 0 aliphatic rings. The third-order valence-electron chi connectivity index (χ3n) is 3.04. The van der Waals surface area contributed by atoms with Crippen LogP contribution in [0.1, 0.15) is 25.8 Å². The van der Waals surface area contributed by atoms with Gasteiger partial charge in [0.25, 0.3) is 0 Å². The van der Waals surface area contributed by atoms with E-state index in [1.54, 1.807) is 6.20 Å². The summed E-state index contributed by atoms with van der Waals surface area (Å²) in [4.78, 5) is 12.6. The number of rotatable bonds is 5. The third kappa shape index (κ3) is 3.34. The quantitative estimate of drug-likeness (QED) is 0.775. The molecule has 2 aromatic heterocycles. The summed E-state index contributed by atoms with van der Waals surface area (Å²) in [6, 6.07) is 4.17. The van der Waals surface area contributed by atoms with Crippen molar-refractivity contribution in [3.63, 3.8) is 0 Å². The SMILES string of the molecule is CCC(C)Nc1ncnc(Nc2cc(C)ccn2)c1N. The topological polar surface area (TPSA) is 88.8 Å². The van der Waals surface area contributed by atoms with Crippen molar-refractivity contribution in [1.29, 1.82) is 0 Å². The fraction of sp³-hybridized carbons (Fsp3) is 0.357. The van der Waals surface area contributed by atoms with Gasteiger partial charge in [-0.05, 0) is 38.0 Å². The second kappa shape index (κ2) is 6.18. The molecule has 2 rings (SSSR count). The van der Waals surface area contributed by atoms with E-state index >= 15 is 0 Å². The second-order valence-corrected chi connectivity index (χ2v) is 4.78. The highest BCUT2D eigenvalue weighted by Gasteiger charge is 2.10. The van der Waals surface area contributed by atoms with Crippen molar-refractivity contribution in [2.75, 3.05) is 16.4 Å². The second-order valence-electron chi connectivity index (χ2n) is 4.78. The molecule has 1 atom stereocenters. The van der Waals surface area contributed by atoms with Gasteiger partial charge in [-0.3, -0.25) is 0 Å². The van der Waals surface area contributed by atoms with Crippen LogP contribution in [0, 0.1) is 6.92 Å². The Morgan fingerprint density at radius 1 is 1.25 bits per heavy atom. The van der Waals surface area contributed by atoms with Gasteiger partial charge in [-0.25, -0.2) is 15.0 Å². The van der Waals surface area contributed by atoms with Gasteiger partial charge in [0.1, 0.15) is 17.8 Å². The van der Waals surface area contributed by atoms with Gasteiger partial charge in [0.05, 0.1) is 0 Å². The highest BCUT2D eigenvalue weighted by atomic mass is 15.1. The number of aromatic nitrogens is 3. The Morgan fingerprint density at radius 2 is 2.00 bits per heavy atom. The Bertz CT molecular complexity index is 584. The first-order valence-corrected chi connectivity index (χ1v) is 6.66. The summed E-state index contributed by atoms with van der Waals surface area (Å²) in [7, 11) is 0. The molecular weight excluding hydrogens is 252 g/mol. The summed E-state index contributed by atoms with van der Waals surface area (Å²) in [5.41, 5.74) is 7.71. The smallest absolute Gasteiger partial charge is 0.160 e. The molecular formula is C14H20N6. The van der Waals surface area contributed by atoms with E-state index < -0.39 is 0 Å². The lowest BCUT2D eigenvalue weighted by molar-refractivity contribution is 0.759. The zero-order chi connectivity index (χ0) is 14.5. The van der Waals surface area contributed by atoms with Crippen molar-refractivity contribution in [1.82, 2.24) is 15.0 Å². The Balaban J connectivity index is 2.22. The average molecular weight is 272 g/mol. The van der Waals surface area contributed by atoms with E-state index in [9.17, 15) is 0 Å². The molecule has 20 heavy (non-hydrogen) atoms. The van der Waals surface area contributed by atoms with Gasteiger partial charge in [-0.2, -0.15) is 0 Å². The maximum Gasteiger partial charge on any atom is 0.160 e. The zero-order valence-corrected chi connectivity index (χ0v) is 12.0. The summed E-state index contributed by atoms with van der Waals surface area (Å²) in [6.45, 7) is 6.19. The van der Waals surface area contributed by atoms with Crippen LogP contribution >= 0.6 is 0 Å². The van der Waals surface area contributed by atoms with E-state index in [1.165, 1.54) is 6.33 Å². The van der Waals surface area contributed by atoms with Gasteiger partial charge in [0, 0.05) is 12.2 Å². The fourth-order valence-electron chi connectivity index (χ4n) is 1.67. The molecule has 0 radical (unpaired) electrons. The van der Waals surface area contributed by atoms with Crippen LogP contribution in [0.25, 0.3) is 0 Å². The molecule has 6 nitrogen and oxygen atoms in total. The van der Waals surface area contributed by atoms with E-state index in [1.807, 2.05) is 19.1 Å². The first-order valence-electron chi connectivity index (χ1n) is 6.66. The number of hydrogen-bond donors (Lipinski definition) is 3. The monoisotopic (exact) mass is 272 g/mol. The number of anilines is 4. The van der Waals surface area contributed by atoms with Gasteiger partial charge >= 0.3 is 0 Å². The molecule has 0 bridgehead atoms. The molecule has 6 heteroatoms. The molecule has 2 aromatic rings. The number of nitrogen functional groups attached to an aromatic ring is 1. The fourth-order valence-corrected chi connectivity index (χ4v) is 1.67. The Labute approximate surface area is 118 Å². The maximum absolute atomic E-state index is 6.09. The summed E-state index contributed by atoms with van der Waals surface area (Å²) >= 11 is 0. The molecule has 1 unspecified atom stereocenters. The minimum Gasteiger partial charge on any atom is -0.393 e. The lowest BCUT2D eigenvalue weighted by atomic mass is 10.2. The number of hydrogen-bond acceptors (Lipinski definition) is 6. The molecule has 0 spiro atoms. The van der Waals surface area contributed by atoms with Crippen LogP contribution in [0.4, 0.5) is 23.1 Å². The highest BCUT2D eigenvalue weighted by Crippen LogP contribution is 2.25. The molecule has 0 fully saturated rings. The summed E-state index contributed by atoms with van der Waals surface area (Å²) in [5.74, 6) is 1.92. The van der Waals surface area contributed by atoms with Crippen molar-refractivity contribution in [3.8, 4) is 0 Å². The van der Waals surface area contributed by atoms with Crippen molar-refractivity contribution in [2.45, 2.75) is 33.2 Å². The number of nitrogens with one attached hydrogen (secondary N) is 2. The van der Waals surface area contributed by atoms with E-state index in [2.05, 4.69) is 39.4 Å². The maximum atomic E-state index is 6.09. The molecule has 4 N–H and O–H groups in total. The molecule has 0 saturated carbocycles. The third-order valence-corrected chi connectivity index (χ3v) is 3.04. The molecule has 0 aliphatic carbocycles. The lowest BCUT2D eigenvalue weighted by Gasteiger charge is -2.15. The lowest BCUT2D eigenvalue weighted by Crippen LogP contribution is -2.16. The molecule has 106 valence electrons. The van der Waals surface area contributed by atoms with Crippen LogP contribution in [0.3, 0.4) is 0 Å². The largest absolute Gasteiger partial charge is 0.393 e. The van der Waals surface area contributed by atoms with Crippen LogP contribution in [0.2, 0.25) is 0 Å². The van der Waals surface area contributed by atoms with Gasteiger partial charge in [-0.15, -0.1) is 0 Å². The number of pyridine rings is 1. The van der Waals surface area contributed by atoms with Crippen LogP contribution < -0.4 is 16.4 Å². The Morgan fingerprint density at radius 3 is 2.70 bits per heavy atom. The predicted molar refractivity (Wildman–Crippen MR) is 82.1 cm³/mol.